The van der Waals surface area contributed by atoms with Crippen LogP contribution in [0.5, 0.6) is 0 Å². The molecule has 2 N–H and O–H groups in total. The maximum atomic E-state index is 13.2. The predicted molar refractivity (Wildman–Crippen MR) is 144 cm³/mol. The molecule has 0 radical (unpaired) electrons. The monoisotopic (exact) mass is 612 g/mol. The molecule has 10 nitrogen and oxygen atoms in total. The highest BCUT2D eigenvalue weighted by Crippen LogP contribution is 2.28. The number of fused-ring (bicyclic) bond motifs is 1. The molecule has 196 valence electrons. The molecule has 0 saturated heterocycles. The number of sulfonamides is 1. The Morgan fingerprint density at radius 3 is 2.50 bits per heavy atom. The number of carbonyl (C=O) groups excluding carboxylic acids is 3. The van der Waals surface area contributed by atoms with Crippen LogP contribution in [0, 0.1) is 0 Å². The molecule has 0 aliphatic carbocycles. The molecule has 4 aromatic rings. The molecule has 1 amide bonds. The van der Waals surface area contributed by atoms with Gasteiger partial charge in [0.1, 0.15) is 0 Å². The lowest BCUT2D eigenvalue weighted by atomic mass is 10.0. The van der Waals surface area contributed by atoms with Gasteiger partial charge in [-0.3, -0.25) is 14.3 Å². The Morgan fingerprint density at radius 1 is 1.03 bits per heavy atom. The minimum absolute atomic E-state index is 0.0179. The topological polar surface area (TPSA) is 144 Å². The first-order chi connectivity index (χ1) is 18.0. The van der Waals surface area contributed by atoms with Crippen LogP contribution in [0.1, 0.15) is 20.7 Å². The van der Waals surface area contributed by atoms with Crippen LogP contribution in [0.25, 0.3) is 10.1 Å². The summed E-state index contributed by atoms with van der Waals surface area (Å²) in [6.07, 6.45) is 2.68. The highest BCUT2D eigenvalue weighted by Gasteiger charge is 2.32. The number of pyridine rings is 1. The number of ketones is 1. The lowest BCUT2D eigenvalue weighted by Gasteiger charge is -2.18. The van der Waals surface area contributed by atoms with Crippen LogP contribution >= 0.6 is 46.3 Å². The summed E-state index contributed by atoms with van der Waals surface area (Å²) in [6, 6.07) is 7.53. The molecule has 1 atom stereocenters. The van der Waals surface area contributed by atoms with E-state index in [2.05, 4.69) is 24.1 Å². The fourth-order valence-electron chi connectivity index (χ4n) is 3.35. The van der Waals surface area contributed by atoms with Crippen molar-refractivity contribution in [2.24, 2.45) is 0 Å². The second-order valence-electron chi connectivity index (χ2n) is 7.57. The van der Waals surface area contributed by atoms with Crippen LogP contribution in [0.15, 0.2) is 59.9 Å². The normalized spacial score (nSPS) is 12.1. The summed E-state index contributed by atoms with van der Waals surface area (Å²) >= 11 is 19.0. The maximum Gasteiger partial charge on any atom is 0.336 e. The van der Waals surface area contributed by atoms with Gasteiger partial charge in [0.05, 0.1) is 44.7 Å². The molecule has 15 heteroatoms. The summed E-state index contributed by atoms with van der Waals surface area (Å²) in [5, 5.41) is 2.62. The first-order valence-electron chi connectivity index (χ1n) is 10.4. The van der Waals surface area contributed by atoms with Gasteiger partial charge in [0, 0.05) is 16.8 Å². The zero-order chi connectivity index (χ0) is 27.6. The standard InChI is InChI=1S/C23H15Cl3N4O6S2/c1-36-23(33)19(20(31)11-2-5-15(25)16(26)8-11)29-21(32)13-4-3-12(24)9-17(13)30-38(34,35)22-14-10-28-37-18(14)6-7-27-22/h2-10,19,30H,1H3,(H,29,32). The average Bonchev–Trinajstić information content (AvgIpc) is 3.36. The summed E-state index contributed by atoms with van der Waals surface area (Å²) in [5.74, 6) is -2.86. The van der Waals surface area contributed by atoms with Gasteiger partial charge in [-0.25, -0.2) is 9.78 Å². The highest BCUT2D eigenvalue weighted by molar-refractivity contribution is 7.92. The average molecular weight is 614 g/mol. The lowest BCUT2D eigenvalue weighted by Crippen LogP contribution is -2.47. The van der Waals surface area contributed by atoms with Gasteiger partial charge in [-0.2, -0.15) is 12.8 Å². The summed E-state index contributed by atoms with van der Waals surface area (Å²) in [4.78, 5) is 42.7. The Morgan fingerprint density at radius 2 is 1.79 bits per heavy atom. The first kappa shape index (κ1) is 27.7. The van der Waals surface area contributed by atoms with Crippen molar-refractivity contribution in [3.8, 4) is 0 Å². The van der Waals surface area contributed by atoms with Gasteiger partial charge in [0.25, 0.3) is 15.9 Å². The van der Waals surface area contributed by atoms with Gasteiger partial charge in [0.2, 0.25) is 0 Å². The van der Waals surface area contributed by atoms with Crippen LogP contribution in [0.2, 0.25) is 15.1 Å². The van der Waals surface area contributed by atoms with Crippen LogP contribution in [0.4, 0.5) is 5.69 Å². The number of Topliss-reactive ketones (excluding diaryl/α,β-unsaturated/α-hetero) is 1. The van der Waals surface area contributed by atoms with Crippen LogP contribution < -0.4 is 10.0 Å². The summed E-state index contributed by atoms with van der Waals surface area (Å²) in [6.45, 7) is 0. The van der Waals surface area contributed by atoms with Crippen molar-refractivity contribution in [3.63, 3.8) is 0 Å². The zero-order valence-corrected chi connectivity index (χ0v) is 23.0. The largest absolute Gasteiger partial charge is 0.467 e. The second-order valence-corrected chi connectivity index (χ2v) is 11.3. The molecule has 2 aromatic carbocycles. The molecule has 0 bridgehead atoms. The van der Waals surface area contributed by atoms with Crippen molar-refractivity contribution in [1.29, 1.82) is 0 Å². The molecule has 0 aliphatic rings. The third kappa shape index (κ3) is 5.74. The third-order valence-electron chi connectivity index (χ3n) is 5.15. The Labute approximate surface area is 235 Å². The number of methoxy groups -OCH3 is 1. The summed E-state index contributed by atoms with van der Waals surface area (Å²) < 4.78 is 38.0. The van der Waals surface area contributed by atoms with Crippen LogP contribution in [-0.2, 0) is 19.6 Å². The van der Waals surface area contributed by atoms with Gasteiger partial charge in [-0.1, -0.05) is 34.8 Å². The number of nitrogens with one attached hydrogen (secondary N) is 2. The Hall–Kier alpha value is -3.29. The predicted octanol–water partition coefficient (Wildman–Crippen LogP) is 4.61. The van der Waals surface area contributed by atoms with Crippen molar-refractivity contribution >= 4 is 89.8 Å². The number of hydrogen-bond donors (Lipinski definition) is 2. The van der Waals surface area contributed by atoms with Crippen LogP contribution in [0.3, 0.4) is 0 Å². The Balaban J connectivity index is 1.67. The van der Waals surface area contributed by atoms with E-state index in [1.54, 1.807) is 6.07 Å². The van der Waals surface area contributed by atoms with Gasteiger partial charge >= 0.3 is 5.97 Å². The molecule has 4 rings (SSSR count). The number of rotatable bonds is 8. The molecule has 2 aromatic heterocycles. The van der Waals surface area contributed by atoms with Crippen molar-refractivity contribution in [2.45, 2.75) is 11.1 Å². The van der Waals surface area contributed by atoms with E-state index in [-0.39, 0.29) is 42.3 Å². The lowest BCUT2D eigenvalue weighted by molar-refractivity contribution is -0.141. The molecular weight excluding hydrogens is 599 g/mol. The number of aromatic nitrogens is 2. The molecular formula is C23H15Cl3N4O6S2. The van der Waals surface area contributed by atoms with E-state index in [4.69, 9.17) is 34.8 Å². The number of anilines is 1. The summed E-state index contributed by atoms with van der Waals surface area (Å²) in [5.41, 5.74) is -0.470. The SMILES string of the molecule is COC(=O)C(NC(=O)c1ccc(Cl)cc1NS(=O)(=O)c1nccc2sncc12)C(=O)c1ccc(Cl)c(Cl)c1. The zero-order valence-electron chi connectivity index (χ0n) is 19.1. The minimum atomic E-state index is -4.32. The molecule has 0 aliphatic heterocycles. The number of esters is 1. The number of carbonyl (C=O) groups is 3. The number of ether oxygens (including phenoxy) is 1. The number of benzene rings is 2. The van der Waals surface area contributed by atoms with Gasteiger partial charge in [0.15, 0.2) is 16.9 Å². The second kappa shape index (κ2) is 11.2. The van der Waals surface area contributed by atoms with Gasteiger partial charge in [-0.05, 0) is 54.0 Å². The van der Waals surface area contributed by atoms with E-state index >= 15 is 0 Å². The van der Waals surface area contributed by atoms with Crippen molar-refractivity contribution in [2.75, 3.05) is 11.8 Å². The maximum absolute atomic E-state index is 13.2. The van der Waals surface area contributed by atoms with E-state index < -0.39 is 33.7 Å². The van der Waals surface area contributed by atoms with E-state index in [1.165, 1.54) is 48.8 Å². The van der Waals surface area contributed by atoms with E-state index in [0.717, 1.165) is 18.6 Å². The fraction of sp³-hybridized carbons (Fsp3) is 0.0870. The van der Waals surface area contributed by atoms with Gasteiger partial charge < -0.3 is 10.1 Å². The number of nitrogens with zero attached hydrogens (tertiary/aromatic N) is 2. The number of amides is 1. The molecule has 0 fully saturated rings. The molecule has 0 spiro atoms. The number of halogens is 3. The van der Waals surface area contributed by atoms with Crippen molar-refractivity contribution in [3.05, 3.63) is 81.1 Å². The van der Waals surface area contributed by atoms with Gasteiger partial charge in [-0.15, -0.1) is 0 Å². The molecule has 1 unspecified atom stereocenters. The molecule has 2 heterocycles. The van der Waals surface area contributed by atoms with E-state index in [1.807, 2.05) is 0 Å². The molecule has 0 saturated carbocycles. The van der Waals surface area contributed by atoms with Crippen LogP contribution in [-0.4, -0.2) is 48.6 Å². The Kier molecular flexibility index (Phi) is 8.19. The third-order valence-corrected chi connectivity index (χ3v) is 8.21. The quantitative estimate of drug-likeness (QED) is 0.167. The van der Waals surface area contributed by atoms with E-state index in [0.29, 0.717) is 4.70 Å². The highest BCUT2D eigenvalue weighted by atomic mass is 35.5. The molecule has 38 heavy (non-hydrogen) atoms. The first-order valence-corrected chi connectivity index (χ1v) is 13.8. The fourth-order valence-corrected chi connectivity index (χ4v) is 5.73. The minimum Gasteiger partial charge on any atom is -0.467 e. The van der Waals surface area contributed by atoms with Crippen molar-refractivity contribution < 1.29 is 27.5 Å². The van der Waals surface area contributed by atoms with Crippen molar-refractivity contribution in [1.82, 2.24) is 14.7 Å². The van der Waals surface area contributed by atoms with E-state index in [9.17, 15) is 22.8 Å². The summed E-state index contributed by atoms with van der Waals surface area (Å²) in [7, 11) is -3.28. The smallest absolute Gasteiger partial charge is 0.336 e. The Bertz CT molecular complexity index is 1690. The number of hydrogen-bond acceptors (Lipinski definition) is 9.